The summed E-state index contributed by atoms with van der Waals surface area (Å²) in [6.45, 7) is 7.38. The molecule has 0 amide bonds. The van der Waals surface area contributed by atoms with Crippen molar-refractivity contribution < 1.29 is 4.74 Å². The van der Waals surface area contributed by atoms with Gasteiger partial charge in [0.2, 0.25) is 0 Å². The fourth-order valence-electron chi connectivity index (χ4n) is 1.82. The van der Waals surface area contributed by atoms with E-state index < -0.39 is 0 Å². The van der Waals surface area contributed by atoms with Gasteiger partial charge in [-0.3, -0.25) is 0 Å². The van der Waals surface area contributed by atoms with E-state index in [1.165, 1.54) is 5.56 Å². The lowest BCUT2D eigenvalue weighted by Crippen LogP contribution is -2.26. The van der Waals surface area contributed by atoms with Crippen LogP contribution in [0, 0.1) is 0 Å². The van der Waals surface area contributed by atoms with Crippen LogP contribution in [-0.2, 0) is 0 Å². The highest BCUT2D eigenvalue weighted by Gasteiger charge is 2.03. The Hall–Kier alpha value is -1.02. The first kappa shape index (κ1) is 14.0. The van der Waals surface area contributed by atoms with Crippen LogP contribution < -0.4 is 10.1 Å². The van der Waals surface area contributed by atoms with E-state index in [2.05, 4.69) is 50.4 Å². The van der Waals surface area contributed by atoms with Gasteiger partial charge in [0.1, 0.15) is 5.75 Å². The maximum absolute atomic E-state index is 5.73. The molecule has 1 unspecified atom stereocenters. The van der Waals surface area contributed by atoms with E-state index in [0.717, 1.165) is 25.2 Å². The molecule has 0 saturated carbocycles. The highest BCUT2D eigenvalue weighted by molar-refractivity contribution is 5.28. The first-order chi connectivity index (χ1) is 8.17. The van der Waals surface area contributed by atoms with Crippen molar-refractivity contribution in [1.29, 1.82) is 0 Å². The third-order valence-electron chi connectivity index (χ3n) is 3.18. The highest BCUT2D eigenvalue weighted by atomic mass is 16.5. The summed E-state index contributed by atoms with van der Waals surface area (Å²) in [6, 6.07) is 8.99. The minimum atomic E-state index is 0.560. The van der Waals surface area contributed by atoms with Crippen LogP contribution in [0.2, 0.25) is 0 Å². The Morgan fingerprint density at radius 1 is 1.18 bits per heavy atom. The predicted octanol–water partition coefficient (Wildman–Crippen LogP) is 3.58. The maximum Gasteiger partial charge on any atom is 0.119 e. The van der Waals surface area contributed by atoms with Crippen LogP contribution in [0.5, 0.6) is 5.75 Å². The molecule has 0 bridgehead atoms. The van der Waals surface area contributed by atoms with Crippen molar-refractivity contribution >= 4 is 0 Å². The lowest BCUT2D eigenvalue weighted by Gasteiger charge is -2.14. The van der Waals surface area contributed by atoms with Crippen molar-refractivity contribution in [2.75, 3.05) is 13.7 Å². The third-order valence-corrected chi connectivity index (χ3v) is 3.18. The molecule has 1 atom stereocenters. The summed E-state index contributed by atoms with van der Waals surface area (Å²) in [6.07, 6.45) is 2.20. The molecule has 0 aromatic heterocycles. The number of ether oxygens (including phenoxy) is 1. The van der Waals surface area contributed by atoms with Gasteiger partial charge in [-0.1, -0.05) is 32.9 Å². The van der Waals surface area contributed by atoms with E-state index in [1.54, 1.807) is 0 Å². The number of hydrogen-bond donors (Lipinski definition) is 1. The van der Waals surface area contributed by atoms with E-state index in [0.29, 0.717) is 12.0 Å². The van der Waals surface area contributed by atoms with Crippen molar-refractivity contribution in [3.05, 3.63) is 29.8 Å². The molecule has 1 aromatic carbocycles. The van der Waals surface area contributed by atoms with Crippen molar-refractivity contribution in [2.45, 2.75) is 45.6 Å². The smallest absolute Gasteiger partial charge is 0.119 e. The summed E-state index contributed by atoms with van der Waals surface area (Å²) < 4.78 is 5.73. The topological polar surface area (TPSA) is 21.3 Å². The Morgan fingerprint density at radius 2 is 1.82 bits per heavy atom. The first-order valence-electron chi connectivity index (χ1n) is 6.57. The van der Waals surface area contributed by atoms with Crippen LogP contribution >= 0.6 is 0 Å². The van der Waals surface area contributed by atoms with Gasteiger partial charge in [0.25, 0.3) is 0 Å². The monoisotopic (exact) mass is 235 g/mol. The minimum Gasteiger partial charge on any atom is -0.494 e. The molecule has 0 heterocycles. The summed E-state index contributed by atoms with van der Waals surface area (Å²) in [5.74, 6) is 1.55. The van der Waals surface area contributed by atoms with Crippen LogP contribution in [0.1, 0.15) is 45.1 Å². The highest BCUT2D eigenvalue weighted by Crippen LogP contribution is 2.18. The molecule has 0 radical (unpaired) electrons. The Balaban J connectivity index is 2.37. The number of nitrogens with one attached hydrogen (secondary N) is 1. The molecule has 1 aromatic rings. The zero-order valence-corrected chi connectivity index (χ0v) is 11.5. The Bertz CT molecular complexity index is 301. The van der Waals surface area contributed by atoms with E-state index in [9.17, 15) is 0 Å². The summed E-state index contributed by atoms with van der Waals surface area (Å²) in [4.78, 5) is 0. The molecule has 0 saturated heterocycles. The molecule has 0 aliphatic heterocycles. The van der Waals surface area contributed by atoms with Gasteiger partial charge < -0.3 is 10.1 Å². The second-order valence-electron chi connectivity index (χ2n) is 4.75. The van der Waals surface area contributed by atoms with Gasteiger partial charge in [0.05, 0.1) is 6.61 Å². The Morgan fingerprint density at radius 3 is 2.29 bits per heavy atom. The van der Waals surface area contributed by atoms with Crippen molar-refractivity contribution in [1.82, 2.24) is 5.32 Å². The van der Waals surface area contributed by atoms with Crippen LogP contribution in [-0.4, -0.2) is 19.7 Å². The fourth-order valence-corrected chi connectivity index (χ4v) is 1.82. The van der Waals surface area contributed by atoms with Gasteiger partial charge in [-0.25, -0.2) is 0 Å². The maximum atomic E-state index is 5.73. The second kappa shape index (κ2) is 7.33. The van der Waals surface area contributed by atoms with Gasteiger partial charge in [0, 0.05) is 6.04 Å². The minimum absolute atomic E-state index is 0.560. The predicted molar refractivity (Wildman–Crippen MR) is 73.8 cm³/mol. The molecular formula is C15H25NO. The molecule has 0 aliphatic carbocycles. The average molecular weight is 235 g/mol. The van der Waals surface area contributed by atoms with Gasteiger partial charge >= 0.3 is 0 Å². The van der Waals surface area contributed by atoms with E-state index in [4.69, 9.17) is 4.74 Å². The second-order valence-corrected chi connectivity index (χ2v) is 4.75. The molecular weight excluding hydrogens is 210 g/mol. The molecule has 2 heteroatoms. The van der Waals surface area contributed by atoms with Crippen LogP contribution in [0.15, 0.2) is 24.3 Å². The zero-order chi connectivity index (χ0) is 12.7. The number of hydrogen-bond acceptors (Lipinski definition) is 2. The summed E-state index contributed by atoms with van der Waals surface area (Å²) >= 11 is 0. The Kier molecular flexibility index (Phi) is 6.06. The quantitative estimate of drug-likeness (QED) is 0.780. The lowest BCUT2D eigenvalue weighted by molar-refractivity contribution is 0.287. The Labute approximate surface area is 105 Å². The van der Waals surface area contributed by atoms with E-state index in [1.807, 2.05) is 7.05 Å². The average Bonchev–Trinajstić information content (AvgIpc) is 2.35. The molecule has 0 spiro atoms. The molecule has 0 fully saturated rings. The van der Waals surface area contributed by atoms with Gasteiger partial charge in [0.15, 0.2) is 0 Å². The number of benzene rings is 1. The van der Waals surface area contributed by atoms with Crippen LogP contribution in [0.4, 0.5) is 0 Å². The van der Waals surface area contributed by atoms with Crippen LogP contribution in [0.25, 0.3) is 0 Å². The molecule has 1 N–H and O–H groups in total. The van der Waals surface area contributed by atoms with E-state index in [-0.39, 0.29) is 0 Å². The van der Waals surface area contributed by atoms with Crippen molar-refractivity contribution in [3.8, 4) is 5.75 Å². The first-order valence-corrected chi connectivity index (χ1v) is 6.57. The van der Waals surface area contributed by atoms with Crippen molar-refractivity contribution in [3.63, 3.8) is 0 Å². The summed E-state index contributed by atoms with van der Waals surface area (Å²) in [5.41, 5.74) is 1.36. The molecule has 1 rings (SSSR count). The summed E-state index contributed by atoms with van der Waals surface area (Å²) in [7, 11) is 2.01. The van der Waals surface area contributed by atoms with Crippen LogP contribution in [0.3, 0.4) is 0 Å². The standard InChI is InChI=1S/C15H25NO/c1-5-14(16-4)10-11-17-15-8-6-13(7-9-15)12(2)3/h6-9,12,14,16H,5,10-11H2,1-4H3. The largest absolute Gasteiger partial charge is 0.494 e. The SMILES string of the molecule is CCC(CCOc1ccc(C(C)C)cc1)NC. The fraction of sp³-hybridized carbons (Fsp3) is 0.600. The van der Waals surface area contributed by atoms with Gasteiger partial charge in [-0.2, -0.15) is 0 Å². The third kappa shape index (κ3) is 4.78. The number of rotatable bonds is 7. The molecule has 2 nitrogen and oxygen atoms in total. The molecule has 0 aliphatic rings. The lowest BCUT2D eigenvalue weighted by atomic mass is 10.0. The summed E-state index contributed by atoms with van der Waals surface area (Å²) in [5, 5.41) is 3.28. The van der Waals surface area contributed by atoms with Crippen molar-refractivity contribution in [2.24, 2.45) is 0 Å². The van der Waals surface area contributed by atoms with Gasteiger partial charge in [-0.15, -0.1) is 0 Å². The molecule has 96 valence electrons. The molecule has 17 heavy (non-hydrogen) atoms. The zero-order valence-electron chi connectivity index (χ0n) is 11.5. The van der Waals surface area contributed by atoms with Gasteiger partial charge in [-0.05, 0) is 43.5 Å². The normalized spacial score (nSPS) is 12.8. The van der Waals surface area contributed by atoms with E-state index >= 15 is 0 Å².